The summed E-state index contributed by atoms with van der Waals surface area (Å²) in [5.41, 5.74) is 5.08. The molecule has 0 bridgehead atoms. The average Bonchev–Trinajstić information content (AvgIpc) is 3.12. The molecule has 32 heavy (non-hydrogen) atoms. The summed E-state index contributed by atoms with van der Waals surface area (Å²) in [6.07, 6.45) is 5.11. The number of nitrogens with one attached hydrogen (secondary N) is 1. The van der Waals surface area contributed by atoms with Gasteiger partial charge in [0.25, 0.3) is 5.91 Å². The maximum absolute atomic E-state index is 12.7. The number of rotatable bonds is 5. The lowest BCUT2D eigenvalue weighted by Crippen LogP contribution is -2.46. The van der Waals surface area contributed by atoms with Gasteiger partial charge in [0, 0.05) is 47.8 Å². The molecule has 3 aromatic rings. The van der Waals surface area contributed by atoms with Crippen LogP contribution in [-0.4, -0.2) is 40.4 Å². The number of likely N-dealkylation sites (tertiary alicyclic amines) is 1. The Kier molecular flexibility index (Phi) is 6.55. The molecule has 0 spiro atoms. The third kappa shape index (κ3) is 4.83. The minimum atomic E-state index is -0.0518. The molecule has 2 amide bonds. The van der Waals surface area contributed by atoms with Crippen molar-refractivity contribution in [3.05, 3.63) is 95.3 Å². The van der Waals surface area contributed by atoms with Gasteiger partial charge in [-0.2, -0.15) is 0 Å². The molecule has 1 saturated heterocycles. The Morgan fingerprint density at radius 2 is 1.56 bits per heavy atom. The van der Waals surface area contributed by atoms with Crippen LogP contribution in [0.1, 0.15) is 40.2 Å². The number of aryl methyl sites for hydroxylation is 1. The Labute approximate surface area is 189 Å². The van der Waals surface area contributed by atoms with Crippen LogP contribution in [-0.2, 0) is 4.79 Å². The van der Waals surface area contributed by atoms with E-state index in [0.29, 0.717) is 18.7 Å². The van der Waals surface area contributed by atoms with Crippen LogP contribution >= 0.6 is 0 Å². The molecule has 1 fully saturated rings. The number of nitrogens with zero attached hydrogens (tertiary/aromatic N) is 2. The van der Waals surface area contributed by atoms with Gasteiger partial charge < -0.3 is 14.8 Å². The monoisotopic (exact) mass is 427 g/mol. The maximum atomic E-state index is 12.7. The SMILES string of the molecule is Cc1cc(/C=C/C(=O)N2CCC(NC(=O)c3ccccc3)CC2)c(C)n1-c1ccccc1. The minimum Gasteiger partial charge on any atom is -0.349 e. The van der Waals surface area contributed by atoms with E-state index in [0.717, 1.165) is 35.5 Å². The molecular formula is C27H29N3O2. The Balaban J connectivity index is 1.34. The molecule has 164 valence electrons. The number of carbonyl (C=O) groups excluding carboxylic acids is 2. The van der Waals surface area contributed by atoms with E-state index in [9.17, 15) is 9.59 Å². The van der Waals surface area contributed by atoms with Crippen molar-refractivity contribution in [3.8, 4) is 5.69 Å². The molecular weight excluding hydrogens is 398 g/mol. The summed E-state index contributed by atoms with van der Waals surface area (Å²) >= 11 is 0. The summed E-state index contributed by atoms with van der Waals surface area (Å²) in [5.74, 6) is -0.0357. The first kappa shape index (κ1) is 21.6. The number of hydrogen-bond donors (Lipinski definition) is 1. The van der Waals surface area contributed by atoms with Gasteiger partial charge in [0.05, 0.1) is 0 Å². The second-order valence-corrected chi connectivity index (χ2v) is 8.27. The zero-order chi connectivity index (χ0) is 22.5. The Bertz CT molecular complexity index is 1110. The maximum Gasteiger partial charge on any atom is 0.251 e. The predicted molar refractivity (Wildman–Crippen MR) is 128 cm³/mol. The molecule has 0 saturated carbocycles. The normalized spacial score (nSPS) is 14.6. The molecule has 4 rings (SSSR count). The number of amides is 2. The highest BCUT2D eigenvalue weighted by Crippen LogP contribution is 2.22. The molecule has 2 aromatic carbocycles. The Morgan fingerprint density at radius 1 is 0.938 bits per heavy atom. The fraction of sp³-hybridized carbons (Fsp3) is 0.259. The summed E-state index contributed by atoms with van der Waals surface area (Å²) in [7, 11) is 0. The summed E-state index contributed by atoms with van der Waals surface area (Å²) in [5, 5.41) is 3.09. The first-order valence-electron chi connectivity index (χ1n) is 11.1. The smallest absolute Gasteiger partial charge is 0.251 e. The van der Waals surface area contributed by atoms with Crippen molar-refractivity contribution in [1.82, 2.24) is 14.8 Å². The fourth-order valence-corrected chi connectivity index (χ4v) is 4.30. The lowest BCUT2D eigenvalue weighted by molar-refractivity contribution is -0.126. The summed E-state index contributed by atoms with van der Waals surface area (Å²) in [4.78, 5) is 26.9. The molecule has 1 aromatic heterocycles. The summed E-state index contributed by atoms with van der Waals surface area (Å²) in [6.45, 7) is 5.44. The van der Waals surface area contributed by atoms with Crippen LogP contribution in [0.5, 0.6) is 0 Å². The Hall–Kier alpha value is -3.60. The number of benzene rings is 2. The minimum absolute atomic E-state index is 0.0161. The highest BCUT2D eigenvalue weighted by Gasteiger charge is 2.23. The van der Waals surface area contributed by atoms with Crippen LogP contribution in [0.25, 0.3) is 11.8 Å². The first-order valence-corrected chi connectivity index (χ1v) is 11.1. The molecule has 1 aliphatic heterocycles. The van der Waals surface area contributed by atoms with Gasteiger partial charge in [0.2, 0.25) is 5.91 Å². The quantitative estimate of drug-likeness (QED) is 0.609. The molecule has 1 N–H and O–H groups in total. The number of piperidine rings is 1. The van der Waals surface area contributed by atoms with Crippen molar-refractivity contribution in [2.24, 2.45) is 0 Å². The van der Waals surface area contributed by atoms with Crippen LogP contribution < -0.4 is 5.32 Å². The van der Waals surface area contributed by atoms with Gasteiger partial charge in [-0.25, -0.2) is 0 Å². The van der Waals surface area contributed by atoms with Gasteiger partial charge in [0.15, 0.2) is 0 Å². The molecule has 0 radical (unpaired) electrons. The van der Waals surface area contributed by atoms with E-state index in [1.807, 2.05) is 59.5 Å². The van der Waals surface area contributed by atoms with Gasteiger partial charge in [-0.1, -0.05) is 36.4 Å². The zero-order valence-corrected chi connectivity index (χ0v) is 18.6. The van der Waals surface area contributed by atoms with Crippen LogP contribution in [0.2, 0.25) is 0 Å². The molecule has 0 aliphatic carbocycles. The van der Waals surface area contributed by atoms with Gasteiger partial charge in [-0.15, -0.1) is 0 Å². The number of para-hydroxylation sites is 1. The summed E-state index contributed by atoms with van der Waals surface area (Å²) in [6, 6.07) is 21.7. The zero-order valence-electron chi connectivity index (χ0n) is 18.6. The van der Waals surface area contributed by atoms with E-state index in [4.69, 9.17) is 0 Å². The van der Waals surface area contributed by atoms with Crippen LogP contribution in [0.4, 0.5) is 0 Å². The predicted octanol–water partition coefficient (Wildman–Crippen LogP) is 4.53. The standard InChI is InChI=1S/C27H29N3O2/c1-20-19-23(21(2)30(20)25-11-7-4-8-12-25)13-14-26(31)29-17-15-24(16-18-29)28-27(32)22-9-5-3-6-10-22/h3-14,19,24H,15-18H2,1-2H3,(H,28,32)/b14-13+. The topological polar surface area (TPSA) is 54.3 Å². The number of carbonyl (C=O) groups is 2. The number of hydrogen-bond acceptors (Lipinski definition) is 2. The number of aromatic nitrogens is 1. The van der Waals surface area contributed by atoms with E-state index in [1.54, 1.807) is 6.08 Å². The van der Waals surface area contributed by atoms with E-state index in [-0.39, 0.29) is 17.9 Å². The van der Waals surface area contributed by atoms with Crippen molar-refractivity contribution in [1.29, 1.82) is 0 Å². The van der Waals surface area contributed by atoms with E-state index in [1.165, 1.54) is 0 Å². The third-order valence-corrected chi connectivity index (χ3v) is 6.07. The van der Waals surface area contributed by atoms with Crippen LogP contribution in [0, 0.1) is 13.8 Å². The van der Waals surface area contributed by atoms with Crippen LogP contribution in [0.3, 0.4) is 0 Å². The lowest BCUT2D eigenvalue weighted by atomic mass is 10.0. The molecule has 2 heterocycles. The van der Waals surface area contributed by atoms with Crippen molar-refractivity contribution in [2.75, 3.05) is 13.1 Å². The highest BCUT2D eigenvalue weighted by atomic mass is 16.2. The lowest BCUT2D eigenvalue weighted by Gasteiger charge is -2.31. The largest absolute Gasteiger partial charge is 0.349 e. The van der Waals surface area contributed by atoms with Crippen molar-refractivity contribution in [3.63, 3.8) is 0 Å². The third-order valence-electron chi connectivity index (χ3n) is 6.07. The van der Waals surface area contributed by atoms with Gasteiger partial charge in [-0.3, -0.25) is 9.59 Å². The van der Waals surface area contributed by atoms with Gasteiger partial charge >= 0.3 is 0 Å². The van der Waals surface area contributed by atoms with Crippen molar-refractivity contribution in [2.45, 2.75) is 32.7 Å². The van der Waals surface area contributed by atoms with E-state index >= 15 is 0 Å². The van der Waals surface area contributed by atoms with E-state index < -0.39 is 0 Å². The summed E-state index contributed by atoms with van der Waals surface area (Å²) < 4.78 is 2.20. The van der Waals surface area contributed by atoms with Crippen molar-refractivity contribution >= 4 is 17.9 Å². The molecule has 1 aliphatic rings. The van der Waals surface area contributed by atoms with Crippen molar-refractivity contribution < 1.29 is 9.59 Å². The molecule has 5 nitrogen and oxygen atoms in total. The second kappa shape index (κ2) is 9.69. The molecule has 5 heteroatoms. The van der Waals surface area contributed by atoms with Gasteiger partial charge in [-0.05, 0) is 68.7 Å². The highest BCUT2D eigenvalue weighted by molar-refractivity contribution is 5.94. The molecule has 0 atom stereocenters. The van der Waals surface area contributed by atoms with Crippen LogP contribution in [0.15, 0.2) is 72.8 Å². The molecule has 0 unspecified atom stereocenters. The average molecular weight is 428 g/mol. The van der Waals surface area contributed by atoms with Gasteiger partial charge in [0.1, 0.15) is 0 Å². The Morgan fingerprint density at radius 3 is 2.22 bits per heavy atom. The fourth-order valence-electron chi connectivity index (χ4n) is 4.30. The second-order valence-electron chi connectivity index (χ2n) is 8.27. The van der Waals surface area contributed by atoms with E-state index in [2.05, 4.69) is 41.9 Å². The first-order chi connectivity index (χ1) is 15.5.